The Morgan fingerprint density at radius 3 is 2.67 bits per heavy atom. The van der Waals surface area contributed by atoms with Crippen LogP contribution in [0.4, 0.5) is 10.5 Å². The van der Waals surface area contributed by atoms with Crippen molar-refractivity contribution in [2.45, 2.75) is 45.7 Å². The Balaban J connectivity index is 1.89. The fourth-order valence-corrected chi connectivity index (χ4v) is 2.65. The predicted octanol–water partition coefficient (Wildman–Crippen LogP) is 2.25. The van der Waals surface area contributed by atoms with Crippen molar-refractivity contribution in [3.8, 4) is 0 Å². The van der Waals surface area contributed by atoms with E-state index in [0.29, 0.717) is 25.3 Å². The number of hydrogen-bond acceptors (Lipinski definition) is 5. The summed E-state index contributed by atoms with van der Waals surface area (Å²) in [5.74, 6) is -0.127. The maximum absolute atomic E-state index is 12.0. The Kier molecular flexibility index (Phi) is 6.40. The first-order valence-corrected chi connectivity index (χ1v) is 8.43. The van der Waals surface area contributed by atoms with Gasteiger partial charge in [0.1, 0.15) is 0 Å². The number of pyridine rings is 1. The average Bonchev–Trinajstić information content (AvgIpc) is 2.55. The zero-order valence-corrected chi connectivity index (χ0v) is 14.5. The molecule has 0 radical (unpaired) electrons. The molecule has 132 valence electrons. The molecule has 0 aromatic carbocycles. The Hall–Kier alpha value is -2.31. The molecule has 1 aromatic rings. The first kappa shape index (κ1) is 18.0. The van der Waals surface area contributed by atoms with Crippen molar-refractivity contribution >= 4 is 17.7 Å². The summed E-state index contributed by atoms with van der Waals surface area (Å²) in [7, 11) is 0. The second-order valence-corrected chi connectivity index (χ2v) is 6.20. The quantitative estimate of drug-likeness (QED) is 0.863. The molecule has 2 amide bonds. The lowest BCUT2D eigenvalue weighted by atomic mass is 10.1. The maximum Gasteiger partial charge on any atom is 0.409 e. The van der Waals surface area contributed by atoms with Gasteiger partial charge in [0.15, 0.2) is 0 Å². The van der Waals surface area contributed by atoms with Gasteiger partial charge in [0.2, 0.25) is 0 Å². The molecule has 2 rings (SSSR count). The van der Waals surface area contributed by atoms with Gasteiger partial charge in [-0.2, -0.15) is 0 Å². The maximum atomic E-state index is 12.0. The van der Waals surface area contributed by atoms with E-state index in [-0.39, 0.29) is 24.1 Å². The van der Waals surface area contributed by atoms with Crippen molar-refractivity contribution < 1.29 is 14.3 Å². The van der Waals surface area contributed by atoms with Crippen LogP contribution in [0.5, 0.6) is 0 Å². The van der Waals surface area contributed by atoms with E-state index >= 15 is 0 Å². The Morgan fingerprint density at radius 2 is 2.04 bits per heavy atom. The summed E-state index contributed by atoms with van der Waals surface area (Å²) >= 11 is 0. The third-order valence-corrected chi connectivity index (χ3v) is 3.81. The van der Waals surface area contributed by atoms with Gasteiger partial charge >= 0.3 is 6.09 Å². The van der Waals surface area contributed by atoms with Crippen LogP contribution in [-0.2, 0) is 4.74 Å². The van der Waals surface area contributed by atoms with Gasteiger partial charge in [0, 0.05) is 37.6 Å². The summed E-state index contributed by atoms with van der Waals surface area (Å²) in [6.07, 6.45) is 4.70. The lowest BCUT2D eigenvalue weighted by Gasteiger charge is -2.32. The fourth-order valence-electron chi connectivity index (χ4n) is 2.65. The van der Waals surface area contributed by atoms with Crippen LogP contribution >= 0.6 is 0 Å². The number of amides is 2. The molecule has 1 saturated heterocycles. The second-order valence-electron chi connectivity index (χ2n) is 6.20. The molecule has 2 N–H and O–H groups in total. The minimum absolute atomic E-state index is 0.0846. The van der Waals surface area contributed by atoms with E-state index in [1.807, 2.05) is 26.8 Å². The van der Waals surface area contributed by atoms with Crippen LogP contribution in [0.25, 0.3) is 0 Å². The Bertz CT molecular complexity index is 569. The number of piperidine rings is 1. The standard InChI is InChI=1S/C17H26N4O3/c1-4-24-17(23)21-7-5-14(6-8-21)20-15-9-13(10-18-11-15)16(22)19-12(2)3/h9-12,14,20H,4-8H2,1-3H3,(H,19,22). The summed E-state index contributed by atoms with van der Waals surface area (Å²) in [4.78, 5) is 29.6. The van der Waals surface area contributed by atoms with Crippen LogP contribution in [0.2, 0.25) is 0 Å². The summed E-state index contributed by atoms with van der Waals surface area (Å²) < 4.78 is 5.02. The highest BCUT2D eigenvalue weighted by atomic mass is 16.6. The molecule has 2 heterocycles. The third-order valence-electron chi connectivity index (χ3n) is 3.81. The highest BCUT2D eigenvalue weighted by molar-refractivity contribution is 5.94. The first-order valence-electron chi connectivity index (χ1n) is 8.43. The zero-order chi connectivity index (χ0) is 17.5. The summed E-state index contributed by atoms with van der Waals surface area (Å²) in [5, 5.41) is 6.25. The van der Waals surface area contributed by atoms with Gasteiger partial charge in [0.25, 0.3) is 5.91 Å². The predicted molar refractivity (Wildman–Crippen MR) is 92.1 cm³/mol. The van der Waals surface area contributed by atoms with E-state index in [1.165, 1.54) is 0 Å². The van der Waals surface area contributed by atoms with E-state index in [0.717, 1.165) is 18.5 Å². The van der Waals surface area contributed by atoms with E-state index in [1.54, 1.807) is 17.3 Å². The Morgan fingerprint density at radius 1 is 1.33 bits per heavy atom. The van der Waals surface area contributed by atoms with Gasteiger partial charge in [0.05, 0.1) is 17.9 Å². The smallest absolute Gasteiger partial charge is 0.409 e. The first-order chi connectivity index (χ1) is 11.5. The molecular weight excluding hydrogens is 308 g/mol. The number of carbonyl (C=O) groups is 2. The normalized spacial score (nSPS) is 15.2. The number of nitrogens with zero attached hydrogens (tertiary/aromatic N) is 2. The molecular formula is C17H26N4O3. The largest absolute Gasteiger partial charge is 0.450 e. The van der Waals surface area contributed by atoms with Crippen LogP contribution in [0.1, 0.15) is 44.0 Å². The van der Waals surface area contributed by atoms with E-state index in [9.17, 15) is 9.59 Å². The number of rotatable bonds is 5. The van der Waals surface area contributed by atoms with Gasteiger partial charge in [-0.05, 0) is 39.7 Å². The molecule has 1 aliphatic rings. The molecule has 0 bridgehead atoms. The number of ether oxygens (including phenoxy) is 1. The van der Waals surface area contributed by atoms with Crippen molar-refractivity contribution in [1.29, 1.82) is 0 Å². The number of likely N-dealkylation sites (tertiary alicyclic amines) is 1. The van der Waals surface area contributed by atoms with Crippen molar-refractivity contribution in [2.24, 2.45) is 0 Å². The van der Waals surface area contributed by atoms with Crippen LogP contribution < -0.4 is 10.6 Å². The van der Waals surface area contributed by atoms with E-state index in [2.05, 4.69) is 15.6 Å². The average molecular weight is 334 g/mol. The van der Waals surface area contributed by atoms with Crippen LogP contribution in [-0.4, -0.2) is 53.7 Å². The third kappa shape index (κ3) is 5.11. The van der Waals surface area contributed by atoms with Crippen molar-refractivity contribution in [2.75, 3.05) is 25.0 Å². The highest BCUT2D eigenvalue weighted by Crippen LogP contribution is 2.17. The summed E-state index contributed by atoms with van der Waals surface area (Å²) in [6, 6.07) is 2.14. The molecule has 24 heavy (non-hydrogen) atoms. The SMILES string of the molecule is CCOC(=O)N1CCC(Nc2cncc(C(=O)NC(C)C)c2)CC1. The fraction of sp³-hybridized carbons (Fsp3) is 0.588. The van der Waals surface area contributed by atoms with Crippen molar-refractivity contribution in [3.63, 3.8) is 0 Å². The van der Waals surface area contributed by atoms with Crippen LogP contribution in [0.15, 0.2) is 18.5 Å². The van der Waals surface area contributed by atoms with E-state index in [4.69, 9.17) is 4.74 Å². The molecule has 0 saturated carbocycles. The molecule has 0 unspecified atom stereocenters. The van der Waals surface area contributed by atoms with Gasteiger partial charge in [-0.1, -0.05) is 0 Å². The summed E-state index contributed by atoms with van der Waals surface area (Å²) in [5.41, 5.74) is 1.36. The Labute approximate surface area is 142 Å². The van der Waals surface area contributed by atoms with Gasteiger partial charge in [-0.25, -0.2) is 4.79 Å². The minimum Gasteiger partial charge on any atom is -0.450 e. The van der Waals surface area contributed by atoms with Crippen molar-refractivity contribution in [1.82, 2.24) is 15.2 Å². The molecule has 7 nitrogen and oxygen atoms in total. The van der Waals surface area contributed by atoms with Crippen LogP contribution in [0, 0.1) is 0 Å². The molecule has 7 heteroatoms. The molecule has 0 spiro atoms. The highest BCUT2D eigenvalue weighted by Gasteiger charge is 2.23. The number of aromatic nitrogens is 1. The van der Waals surface area contributed by atoms with E-state index < -0.39 is 0 Å². The molecule has 1 aromatic heterocycles. The molecule has 0 aliphatic carbocycles. The van der Waals surface area contributed by atoms with Gasteiger partial charge in [-0.3, -0.25) is 9.78 Å². The zero-order valence-electron chi connectivity index (χ0n) is 14.5. The van der Waals surface area contributed by atoms with Gasteiger partial charge < -0.3 is 20.3 Å². The topological polar surface area (TPSA) is 83.6 Å². The summed E-state index contributed by atoms with van der Waals surface area (Å²) in [6.45, 7) is 7.37. The molecule has 1 aliphatic heterocycles. The lowest BCUT2D eigenvalue weighted by molar-refractivity contribution is 0.0940. The minimum atomic E-state index is -0.245. The number of anilines is 1. The number of carbonyl (C=O) groups excluding carboxylic acids is 2. The second kappa shape index (κ2) is 8.52. The number of nitrogens with one attached hydrogen (secondary N) is 2. The van der Waals surface area contributed by atoms with Gasteiger partial charge in [-0.15, -0.1) is 0 Å². The van der Waals surface area contributed by atoms with Crippen LogP contribution in [0.3, 0.4) is 0 Å². The number of hydrogen-bond donors (Lipinski definition) is 2. The molecule has 1 fully saturated rings. The molecule has 0 atom stereocenters. The van der Waals surface area contributed by atoms with Crippen molar-refractivity contribution in [3.05, 3.63) is 24.0 Å². The lowest BCUT2D eigenvalue weighted by Crippen LogP contribution is -2.42. The monoisotopic (exact) mass is 334 g/mol.